The zero-order valence-electron chi connectivity index (χ0n) is 21.6. The quantitative estimate of drug-likeness (QED) is 0.139. The predicted octanol–water partition coefficient (Wildman–Crippen LogP) is 9.71. The van der Waals surface area contributed by atoms with Crippen LogP contribution in [0.15, 0.2) is 57.5 Å². The van der Waals surface area contributed by atoms with Gasteiger partial charge in [-0.05, 0) is 0 Å². The second-order valence-electron chi connectivity index (χ2n) is 10.4. The zero-order chi connectivity index (χ0) is 23.4. The summed E-state index contributed by atoms with van der Waals surface area (Å²) in [4.78, 5) is 4.31. The molecule has 0 aromatic heterocycles. The third-order valence-corrected chi connectivity index (χ3v) is 30.9. The average molecular weight is 642 g/mol. The Hall–Kier alpha value is 0.0390. The molecule has 0 saturated heterocycles. The molecule has 0 unspecified atom stereocenters. The Kier molecular flexibility index (Phi) is 10.1. The molecule has 1 aliphatic rings. The molecule has 4 heteroatoms. The molecule has 0 spiro atoms. The Morgan fingerprint density at radius 2 is 1.03 bits per heavy atom. The van der Waals surface area contributed by atoms with Crippen LogP contribution >= 0.6 is 0 Å². The summed E-state index contributed by atoms with van der Waals surface area (Å²) in [5.41, 5.74) is 0. The fourth-order valence-electron chi connectivity index (χ4n) is 5.18. The first-order valence-corrected chi connectivity index (χ1v) is 27.2. The van der Waals surface area contributed by atoms with Crippen molar-refractivity contribution in [1.82, 2.24) is 0 Å². The molecule has 1 aliphatic carbocycles. The van der Waals surface area contributed by atoms with E-state index in [4.69, 9.17) is 0 Å². The van der Waals surface area contributed by atoms with Crippen molar-refractivity contribution in [2.45, 2.75) is 99.0 Å². The molecule has 0 bridgehead atoms. The fraction of sp³-hybridized carbons (Fsp3) is 0.615. The van der Waals surface area contributed by atoms with E-state index in [1.807, 2.05) is 19.6 Å². The van der Waals surface area contributed by atoms with Crippen molar-refractivity contribution in [2.24, 2.45) is 0 Å². The van der Waals surface area contributed by atoms with Crippen LogP contribution in [0, 0.1) is 0 Å². The molecule has 0 radical (unpaired) electrons. The van der Waals surface area contributed by atoms with Crippen LogP contribution in [-0.4, -0.2) is 24.2 Å². The van der Waals surface area contributed by atoms with Gasteiger partial charge in [0.1, 0.15) is 0 Å². The van der Waals surface area contributed by atoms with Crippen molar-refractivity contribution in [2.75, 3.05) is 0 Å². The van der Waals surface area contributed by atoms with Crippen LogP contribution in [0.2, 0.25) is 71.8 Å². The van der Waals surface area contributed by atoms with Gasteiger partial charge >= 0.3 is 197 Å². The van der Waals surface area contributed by atoms with Gasteiger partial charge < -0.3 is 0 Å². The van der Waals surface area contributed by atoms with Crippen LogP contribution in [0.4, 0.5) is 0 Å². The van der Waals surface area contributed by atoms with Crippen LogP contribution in [0.1, 0.15) is 27.2 Å². The van der Waals surface area contributed by atoms with E-state index in [2.05, 4.69) is 98.0 Å². The summed E-state index contributed by atoms with van der Waals surface area (Å²) >= 11 is -1.98. The summed E-state index contributed by atoms with van der Waals surface area (Å²) in [6, 6.07) is 3.61. The number of rotatable bonds is 13. The van der Waals surface area contributed by atoms with Gasteiger partial charge in [0, 0.05) is 0 Å². The molecule has 0 atom stereocenters. The molecule has 0 amide bonds. The van der Waals surface area contributed by atoms with Gasteiger partial charge in [0.05, 0.1) is 0 Å². The first-order valence-electron chi connectivity index (χ1n) is 11.7. The molecular weight excluding hydrogens is 592 g/mol. The van der Waals surface area contributed by atoms with E-state index in [9.17, 15) is 0 Å². The zero-order valence-corrected chi connectivity index (χ0v) is 26.9. The molecule has 30 heavy (non-hydrogen) atoms. The van der Waals surface area contributed by atoms with E-state index in [1.54, 1.807) is 0 Å². The van der Waals surface area contributed by atoms with Crippen molar-refractivity contribution in [3.05, 3.63) is 57.5 Å². The summed E-state index contributed by atoms with van der Waals surface area (Å²) in [5.74, 6) is 0. The molecule has 0 aromatic rings. The van der Waals surface area contributed by atoms with E-state index in [0.717, 1.165) is 0 Å². The second-order valence-corrected chi connectivity index (χ2v) is 36.5. The normalized spacial score (nSPS) is 16.8. The summed E-state index contributed by atoms with van der Waals surface area (Å²) in [5, 5.41) is 5.78. The fourth-order valence-corrected chi connectivity index (χ4v) is 30.4. The SMILES string of the molecule is C=CC[Si](C)(C)C1=C([Si](C)(C)CC=C)C([Si](C)(C)CC=C)=[C]([Pt]([CH2]C)([CH2]C)[CH2]C)C1. The first kappa shape index (κ1) is 28.1. The minimum atomic E-state index is -1.98. The predicted molar refractivity (Wildman–Crippen MR) is 148 cm³/mol. The summed E-state index contributed by atoms with van der Waals surface area (Å²) in [6.07, 6.45) is 7.96. The van der Waals surface area contributed by atoms with Gasteiger partial charge in [-0.3, -0.25) is 0 Å². The Morgan fingerprint density at radius 3 is 1.40 bits per heavy atom. The average Bonchev–Trinajstić information content (AvgIpc) is 3.08. The maximum atomic E-state index is 4.19. The summed E-state index contributed by atoms with van der Waals surface area (Å²) < 4.78 is 2.02. The van der Waals surface area contributed by atoms with Gasteiger partial charge in [-0.15, -0.1) is 0 Å². The van der Waals surface area contributed by atoms with E-state index in [1.165, 1.54) is 39.0 Å². The molecule has 176 valence electrons. The van der Waals surface area contributed by atoms with E-state index >= 15 is 0 Å². The van der Waals surface area contributed by atoms with Crippen molar-refractivity contribution < 1.29 is 16.1 Å². The molecular formula is C26H50PtSi3. The van der Waals surface area contributed by atoms with E-state index < -0.39 is 40.3 Å². The minimum absolute atomic E-state index is 1.20. The van der Waals surface area contributed by atoms with Crippen molar-refractivity contribution >= 4 is 24.2 Å². The van der Waals surface area contributed by atoms with Crippen molar-refractivity contribution in [3.63, 3.8) is 0 Å². The second kappa shape index (κ2) is 10.8. The topological polar surface area (TPSA) is 0 Å². The van der Waals surface area contributed by atoms with Crippen molar-refractivity contribution in [1.29, 1.82) is 0 Å². The Balaban J connectivity index is 4.07. The van der Waals surface area contributed by atoms with Crippen molar-refractivity contribution in [3.8, 4) is 0 Å². The van der Waals surface area contributed by atoms with Crippen LogP contribution in [0.5, 0.6) is 0 Å². The van der Waals surface area contributed by atoms with E-state index in [-0.39, 0.29) is 0 Å². The van der Waals surface area contributed by atoms with Crippen LogP contribution in [-0.2, 0) is 16.1 Å². The molecule has 0 fully saturated rings. The monoisotopic (exact) mass is 641 g/mol. The molecule has 1 rings (SSSR count). The van der Waals surface area contributed by atoms with Gasteiger partial charge in [0.25, 0.3) is 0 Å². The van der Waals surface area contributed by atoms with Crippen LogP contribution in [0.25, 0.3) is 0 Å². The number of hydrogen-bond donors (Lipinski definition) is 0. The molecule has 0 N–H and O–H groups in total. The molecule has 0 heterocycles. The number of allylic oxidation sites excluding steroid dienone is 7. The summed E-state index contributed by atoms with van der Waals surface area (Å²) in [6.45, 7) is 35.8. The maximum absolute atomic E-state index is 4.19. The van der Waals surface area contributed by atoms with Gasteiger partial charge in [-0.25, -0.2) is 0 Å². The molecule has 0 aliphatic heterocycles. The summed E-state index contributed by atoms with van der Waals surface area (Å²) in [7, 11) is -4.72. The molecule has 0 aromatic carbocycles. The standard InChI is InChI=1S/C20H35Si3.3C2H5.Pt/c1-10-15-21(4,5)18-13-14-19(22(6,7)16-11-2)20(18)23(8,9)17-12-3;3*1-2;/h10-12H,1-3,13,15-17H2,4-9H3;3*1H2,2H3;. The van der Waals surface area contributed by atoms with Crippen LogP contribution < -0.4 is 0 Å². The van der Waals surface area contributed by atoms with Gasteiger partial charge in [-0.2, -0.15) is 0 Å². The Labute approximate surface area is 195 Å². The van der Waals surface area contributed by atoms with Gasteiger partial charge in [0.2, 0.25) is 0 Å². The molecule has 0 saturated carbocycles. The van der Waals surface area contributed by atoms with Gasteiger partial charge in [-0.1, -0.05) is 0 Å². The molecule has 0 nitrogen and oxygen atoms in total. The Bertz CT molecular complexity index is 710. The Morgan fingerprint density at radius 1 is 0.667 bits per heavy atom. The third kappa shape index (κ3) is 5.50. The van der Waals surface area contributed by atoms with E-state index in [0.29, 0.717) is 0 Å². The van der Waals surface area contributed by atoms with Crippen LogP contribution in [0.3, 0.4) is 0 Å². The third-order valence-electron chi connectivity index (χ3n) is 6.95. The first-order chi connectivity index (χ1) is 13.8. The number of hydrogen-bond acceptors (Lipinski definition) is 0. The van der Waals surface area contributed by atoms with Gasteiger partial charge in [0.15, 0.2) is 0 Å².